The molecule has 0 atom stereocenters. The summed E-state index contributed by atoms with van der Waals surface area (Å²) in [4.78, 5) is 17.2. The van der Waals surface area contributed by atoms with Gasteiger partial charge in [0.1, 0.15) is 5.15 Å². The smallest absolute Gasteiger partial charge is 0.260 e. The summed E-state index contributed by atoms with van der Waals surface area (Å²) in [7, 11) is 0. The van der Waals surface area contributed by atoms with Crippen LogP contribution in [0.4, 0.5) is 5.69 Å². The van der Waals surface area contributed by atoms with Gasteiger partial charge < -0.3 is 9.84 Å². The Kier molecular flexibility index (Phi) is 7.28. The first-order valence-electron chi connectivity index (χ1n) is 10.5. The molecule has 8 heteroatoms. The molecular weight excluding hydrogens is 414 g/mol. The molecule has 0 aliphatic heterocycles. The molecule has 0 bridgehead atoms. The average molecular weight is 442 g/mol. The van der Waals surface area contributed by atoms with Gasteiger partial charge in [0.25, 0.3) is 5.89 Å². The van der Waals surface area contributed by atoms with Crippen molar-refractivity contribution in [2.24, 2.45) is 0 Å². The Balaban J connectivity index is 1.82. The minimum atomic E-state index is -0.282. The maximum Gasteiger partial charge on any atom is 0.260 e. The molecule has 0 saturated carbocycles. The molecule has 2 heterocycles. The Morgan fingerprint density at radius 1 is 1.32 bits per heavy atom. The van der Waals surface area contributed by atoms with Gasteiger partial charge in [-0.2, -0.15) is 10.1 Å². The van der Waals surface area contributed by atoms with Gasteiger partial charge in [-0.05, 0) is 38.0 Å². The molecule has 0 saturated heterocycles. The fourth-order valence-corrected chi connectivity index (χ4v) is 3.45. The lowest BCUT2D eigenvalue weighted by Gasteiger charge is -2.10. The molecule has 31 heavy (non-hydrogen) atoms. The van der Waals surface area contributed by atoms with E-state index in [0.29, 0.717) is 28.1 Å². The summed E-state index contributed by atoms with van der Waals surface area (Å²) in [5.41, 5.74) is 3.75. The normalized spacial score (nSPS) is 11.6. The zero-order valence-electron chi connectivity index (χ0n) is 18.6. The van der Waals surface area contributed by atoms with E-state index in [1.807, 2.05) is 45.9 Å². The third-order valence-electron chi connectivity index (χ3n) is 4.94. The Morgan fingerprint density at radius 2 is 2.10 bits per heavy atom. The molecule has 0 aliphatic carbocycles. The van der Waals surface area contributed by atoms with Crippen LogP contribution < -0.4 is 5.32 Å². The predicted octanol–water partition coefficient (Wildman–Crippen LogP) is 5.78. The number of hydrogen-bond acceptors (Lipinski definition) is 5. The summed E-state index contributed by atoms with van der Waals surface area (Å²) in [6.45, 7) is 10.7. The van der Waals surface area contributed by atoms with Crippen molar-refractivity contribution < 1.29 is 9.32 Å². The van der Waals surface area contributed by atoms with E-state index in [9.17, 15) is 4.79 Å². The van der Waals surface area contributed by atoms with Crippen molar-refractivity contribution in [3.05, 3.63) is 52.1 Å². The van der Waals surface area contributed by atoms with Gasteiger partial charge in [0.15, 0.2) is 5.82 Å². The average Bonchev–Trinajstić information content (AvgIpc) is 3.32. The molecule has 0 radical (unpaired) electrons. The number of rotatable bonds is 8. The van der Waals surface area contributed by atoms with Crippen LogP contribution >= 0.6 is 11.6 Å². The van der Waals surface area contributed by atoms with Gasteiger partial charge in [0.05, 0.1) is 16.9 Å². The number of para-hydroxylation sites is 1. The maximum atomic E-state index is 12.7. The van der Waals surface area contributed by atoms with Crippen LogP contribution in [0.5, 0.6) is 0 Å². The first-order valence-corrected chi connectivity index (χ1v) is 10.8. The van der Waals surface area contributed by atoms with Crippen molar-refractivity contribution in [3.8, 4) is 11.5 Å². The Bertz CT molecular complexity index is 1100. The Labute approximate surface area is 187 Å². The van der Waals surface area contributed by atoms with Gasteiger partial charge in [0, 0.05) is 24.1 Å². The number of hydrogen-bond donors (Lipinski definition) is 1. The minimum absolute atomic E-state index is 0.148. The molecule has 3 aromatic rings. The number of aromatic nitrogens is 4. The molecule has 0 fully saturated rings. The molecule has 7 nitrogen and oxygen atoms in total. The van der Waals surface area contributed by atoms with E-state index in [-0.39, 0.29) is 11.8 Å². The second-order valence-electron chi connectivity index (χ2n) is 7.80. The van der Waals surface area contributed by atoms with Crippen molar-refractivity contribution in [2.45, 2.75) is 59.9 Å². The topological polar surface area (TPSA) is 85.8 Å². The SMILES string of the molecule is CCCCn1nc(C)c(/C=C/C(=O)Nc2c(C)cccc2-c2nc(C(C)C)no2)c1Cl. The number of amides is 1. The number of anilines is 1. The lowest BCUT2D eigenvalue weighted by atomic mass is 10.1. The van der Waals surface area contributed by atoms with Crippen LogP contribution in [0.25, 0.3) is 17.5 Å². The second kappa shape index (κ2) is 9.92. The van der Waals surface area contributed by atoms with Gasteiger partial charge in [0.2, 0.25) is 5.91 Å². The Morgan fingerprint density at radius 3 is 2.77 bits per heavy atom. The molecule has 164 valence electrons. The molecule has 0 spiro atoms. The van der Waals surface area contributed by atoms with Gasteiger partial charge in [-0.25, -0.2) is 0 Å². The summed E-state index contributed by atoms with van der Waals surface area (Å²) < 4.78 is 7.20. The lowest BCUT2D eigenvalue weighted by molar-refractivity contribution is -0.111. The number of benzene rings is 1. The highest BCUT2D eigenvalue weighted by atomic mass is 35.5. The predicted molar refractivity (Wildman–Crippen MR) is 123 cm³/mol. The summed E-state index contributed by atoms with van der Waals surface area (Å²) in [6, 6.07) is 5.66. The van der Waals surface area contributed by atoms with E-state index >= 15 is 0 Å². The van der Waals surface area contributed by atoms with E-state index in [0.717, 1.165) is 36.2 Å². The molecule has 1 aromatic carbocycles. The van der Waals surface area contributed by atoms with Gasteiger partial charge in [-0.3, -0.25) is 9.48 Å². The fourth-order valence-electron chi connectivity index (χ4n) is 3.13. The standard InChI is InChI=1S/C23H28ClN5O2/c1-6-7-13-29-21(24)17(16(5)27-29)11-12-19(30)25-20-15(4)9-8-10-18(20)23-26-22(14(2)3)28-31-23/h8-12,14H,6-7,13H2,1-5H3,(H,25,30)/b12-11+. The van der Waals surface area contributed by atoms with E-state index in [1.54, 1.807) is 10.8 Å². The van der Waals surface area contributed by atoms with Crippen LogP contribution in [0.1, 0.15) is 62.2 Å². The summed E-state index contributed by atoms with van der Waals surface area (Å²) in [5.74, 6) is 0.868. The number of nitrogens with one attached hydrogen (secondary N) is 1. The number of aryl methyl sites for hydroxylation is 3. The number of halogens is 1. The van der Waals surface area contributed by atoms with E-state index in [1.165, 1.54) is 6.08 Å². The quantitative estimate of drug-likeness (QED) is 0.448. The van der Waals surface area contributed by atoms with E-state index < -0.39 is 0 Å². The molecule has 3 rings (SSSR count). The highest BCUT2D eigenvalue weighted by Gasteiger charge is 2.17. The molecule has 0 unspecified atom stereocenters. The van der Waals surface area contributed by atoms with Crippen LogP contribution in [0.3, 0.4) is 0 Å². The van der Waals surface area contributed by atoms with Gasteiger partial charge in [-0.15, -0.1) is 0 Å². The Hall–Kier alpha value is -2.93. The van der Waals surface area contributed by atoms with E-state index in [2.05, 4.69) is 27.5 Å². The maximum absolute atomic E-state index is 12.7. The van der Waals surface area contributed by atoms with Crippen LogP contribution in [-0.2, 0) is 11.3 Å². The van der Waals surface area contributed by atoms with Crippen molar-refractivity contribution in [2.75, 3.05) is 5.32 Å². The molecule has 0 aliphatic rings. The lowest BCUT2D eigenvalue weighted by Crippen LogP contribution is -2.10. The van der Waals surface area contributed by atoms with Crippen LogP contribution in [0.2, 0.25) is 5.15 Å². The van der Waals surface area contributed by atoms with Crippen LogP contribution in [0.15, 0.2) is 28.8 Å². The van der Waals surface area contributed by atoms with Crippen molar-refractivity contribution in [1.29, 1.82) is 0 Å². The number of unbranched alkanes of at least 4 members (excludes halogenated alkanes) is 1. The van der Waals surface area contributed by atoms with Crippen LogP contribution in [0, 0.1) is 13.8 Å². The second-order valence-corrected chi connectivity index (χ2v) is 8.16. The number of carbonyl (C=O) groups excluding carboxylic acids is 1. The number of nitrogens with zero attached hydrogens (tertiary/aromatic N) is 4. The van der Waals surface area contributed by atoms with Gasteiger partial charge >= 0.3 is 0 Å². The van der Waals surface area contributed by atoms with Crippen LogP contribution in [-0.4, -0.2) is 25.8 Å². The molecule has 2 aromatic heterocycles. The summed E-state index contributed by atoms with van der Waals surface area (Å²) >= 11 is 6.46. The fraction of sp³-hybridized carbons (Fsp3) is 0.391. The van der Waals surface area contributed by atoms with Crippen molar-refractivity contribution >= 4 is 29.3 Å². The highest BCUT2D eigenvalue weighted by molar-refractivity contribution is 6.31. The molecule has 1 N–H and O–H groups in total. The molecule has 1 amide bonds. The van der Waals surface area contributed by atoms with E-state index in [4.69, 9.17) is 16.1 Å². The largest absolute Gasteiger partial charge is 0.334 e. The zero-order valence-corrected chi connectivity index (χ0v) is 19.3. The van der Waals surface area contributed by atoms with Crippen molar-refractivity contribution in [1.82, 2.24) is 19.9 Å². The minimum Gasteiger partial charge on any atom is -0.334 e. The van der Waals surface area contributed by atoms with Crippen molar-refractivity contribution in [3.63, 3.8) is 0 Å². The van der Waals surface area contributed by atoms with Gasteiger partial charge in [-0.1, -0.05) is 56.1 Å². The molecular formula is C23H28ClN5O2. The third-order valence-corrected chi connectivity index (χ3v) is 5.34. The first kappa shape index (κ1) is 22.7. The summed E-state index contributed by atoms with van der Waals surface area (Å²) in [5, 5.41) is 12.0. The zero-order chi connectivity index (χ0) is 22.5. The number of carbonyl (C=O) groups is 1. The monoisotopic (exact) mass is 441 g/mol. The highest BCUT2D eigenvalue weighted by Crippen LogP contribution is 2.30. The third kappa shape index (κ3) is 5.22. The summed E-state index contributed by atoms with van der Waals surface area (Å²) in [6.07, 6.45) is 5.21. The first-order chi connectivity index (χ1) is 14.8.